The molecule has 0 radical (unpaired) electrons. The van der Waals surface area contributed by atoms with Crippen LogP contribution >= 0.6 is 56.7 Å². The number of nitrogens with zero attached hydrogens (tertiary/aromatic N) is 1. The van der Waals surface area contributed by atoms with Gasteiger partial charge in [-0.1, -0.05) is 20.8 Å². The van der Waals surface area contributed by atoms with Gasteiger partial charge in [-0.15, -0.1) is 24.8 Å². The van der Waals surface area contributed by atoms with Crippen molar-refractivity contribution in [3.05, 3.63) is 26.6 Å². The molecule has 2 rings (SSSR count). The van der Waals surface area contributed by atoms with Gasteiger partial charge < -0.3 is 10.4 Å². The summed E-state index contributed by atoms with van der Waals surface area (Å²) in [6.07, 6.45) is 0. The van der Waals surface area contributed by atoms with Gasteiger partial charge in [0, 0.05) is 32.2 Å². The molecule has 2 N–H and O–H groups in total. The van der Waals surface area contributed by atoms with Gasteiger partial charge in [0.2, 0.25) is 0 Å². The average Bonchev–Trinajstić information content (AvgIpc) is 2.35. The molecule has 0 saturated carbocycles. The van der Waals surface area contributed by atoms with Crippen molar-refractivity contribution in [1.82, 2.24) is 10.2 Å². The third-order valence-electron chi connectivity index (χ3n) is 3.69. The highest BCUT2D eigenvalue weighted by Crippen LogP contribution is 2.42. The number of benzene rings is 1. The lowest BCUT2D eigenvalue weighted by Gasteiger charge is -2.42. The van der Waals surface area contributed by atoms with Crippen molar-refractivity contribution in [2.24, 2.45) is 5.41 Å². The minimum Gasteiger partial charge on any atom is -0.506 e. The number of hydrogen-bond donors (Lipinski definition) is 2. The van der Waals surface area contributed by atoms with E-state index in [9.17, 15) is 5.11 Å². The van der Waals surface area contributed by atoms with E-state index in [2.05, 4.69) is 62.8 Å². The predicted molar refractivity (Wildman–Crippen MR) is 105 cm³/mol. The monoisotopic (exact) mass is 476 g/mol. The Balaban J connectivity index is 0.00000220. The summed E-state index contributed by atoms with van der Waals surface area (Å²) < 4.78 is 1.48. The molecule has 1 aromatic carbocycles. The number of phenols is 1. The van der Waals surface area contributed by atoms with E-state index in [-0.39, 0.29) is 36.0 Å². The smallest absolute Gasteiger partial charge is 0.143 e. The molecule has 7 heteroatoms. The largest absolute Gasteiger partial charge is 0.506 e. The molecule has 0 spiro atoms. The topological polar surface area (TPSA) is 35.5 Å². The van der Waals surface area contributed by atoms with E-state index in [1.54, 1.807) is 0 Å². The Morgan fingerprint density at radius 3 is 1.95 bits per heavy atom. The second kappa shape index (κ2) is 9.09. The molecular weight excluding hydrogens is 455 g/mol. The molecule has 1 heterocycles. The van der Waals surface area contributed by atoms with Gasteiger partial charge in [-0.25, -0.2) is 0 Å². The predicted octanol–water partition coefficient (Wildman–Crippen LogP) is 4.75. The number of halogens is 4. The second-order valence-corrected chi connectivity index (χ2v) is 8.10. The van der Waals surface area contributed by atoms with Crippen molar-refractivity contribution in [2.75, 3.05) is 26.2 Å². The van der Waals surface area contributed by atoms with Gasteiger partial charge in [0.25, 0.3) is 0 Å². The highest BCUT2D eigenvalue weighted by molar-refractivity contribution is 9.11. The summed E-state index contributed by atoms with van der Waals surface area (Å²) in [5, 5.41) is 13.3. The first-order chi connectivity index (χ1) is 9.30. The van der Waals surface area contributed by atoms with E-state index >= 15 is 0 Å². The maximum atomic E-state index is 9.91. The highest BCUT2D eigenvalue weighted by Gasteiger charge is 2.33. The Morgan fingerprint density at radius 2 is 1.55 bits per heavy atom. The second-order valence-electron chi connectivity index (χ2n) is 6.39. The third-order valence-corrected chi connectivity index (χ3v) is 4.90. The van der Waals surface area contributed by atoms with Gasteiger partial charge in [0.05, 0.1) is 8.95 Å². The van der Waals surface area contributed by atoms with Crippen LogP contribution in [0.1, 0.15) is 32.4 Å². The fraction of sp³-hybridized carbons (Fsp3) is 0.600. The SMILES string of the molecule is CC(C)(C)[C@H](c1cc(Br)c(O)c(Br)c1)N1CCNCC1.Cl.Cl. The molecule has 0 amide bonds. The van der Waals surface area contributed by atoms with Crippen molar-refractivity contribution in [3.8, 4) is 5.75 Å². The zero-order chi connectivity index (χ0) is 14.9. The van der Waals surface area contributed by atoms with Crippen LogP contribution in [0.5, 0.6) is 5.75 Å². The summed E-state index contributed by atoms with van der Waals surface area (Å²) in [7, 11) is 0. The van der Waals surface area contributed by atoms with Crippen LogP contribution in [-0.4, -0.2) is 36.2 Å². The molecule has 128 valence electrons. The first-order valence-corrected chi connectivity index (χ1v) is 8.52. The van der Waals surface area contributed by atoms with E-state index in [0.29, 0.717) is 6.04 Å². The van der Waals surface area contributed by atoms with Crippen molar-refractivity contribution < 1.29 is 5.11 Å². The summed E-state index contributed by atoms with van der Waals surface area (Å²) in [4.78, 5) is 2.53. The fourth-order valence-electron chi connectivity index (χ4n) is 2.94. The summed E-state index contributed by atoms with van der Waals surface area (Å²) >= 11 is 6.89. The fourth-order valence-corrected chi connectivity index (χ4v) is 4.16. The van der Waals surface area contributed by atoms with E-state index in [4.69, 9.17) is 0 Å². The molecule has 1 aliphatic heterocycles. The number of rotatable bonds is 2. The van der Waals surface area contributed by atoms with Gasteiger partial charge in [0.1, 0.15) is 5.75 Å². The molecule has 22 heavy (non-hydrogen) atoms. The Labute approximate surface area is 162 Å². The van der Waals surface area contributed by atoms with Gasteiger partial charge >= 0.3 is 0 Å². The molecule has 0 bridgehead atoms. The quantitative estimate of drug-likeness (QED) is 0.643. The van der Waals surface area contributed by atoms with Gasteiger partial charge in [-0.2, -0.15) is 0 Å². The van der Waals surface area contributed by atoms with Crippen LogP contribution in [-0.2, 0) is 0 Å². The Morgan fingerprint density at radius 1 is 1.09 bits per heavy atom. The van der Waals surface area contributed by atoms with Crippen LogP contribution < -0.4 is 5.32 Å². The maximum Gasteiger partial charge on any atom is 0.143 e. The van der Waals surface area contributed by atoms with Crippen LogP contribution in [0.15, 0.2) is 21.1 Å². The minimum absolute atomic E-state index is 0. The molecule has 1 aromatic rings. The number of nitrogens with one attached hydrogen (secondary N) is 1. The number of piperazine rings is 1. The molecule has 0 unspecified atom stereocenters. The summed E-state index contributed by atoms with van der Waals surface area (Å²) in [6.45, 7) is 11.0. The molecule has 0 aliphatic carbocycles. The van der Waals surface area contributed by atoms with Gasteiger partial charge in [-0.05, 0) is 55.0 Å². The number of aromatic hydroxyl groups is 1. The lowest BCUT2D eigenvalue weighted by molar-refractivity contribution is 0.0861. The average molecular weight is 479 g/mol. The summed E-state index contributed by atoms with van der Waals surface area (Å²) in [5.41, 5.74) is 1.36. The van der Waals surface area contributed by atoms with Crippen LogP contribution in [0.3, 0.4) is 0 Å². The normalized spacial score (nSPS) is 17.3. The van der Waals surface area contributed by atoms with Crippen molar-refractivity contribution in [1.29, 1.82) is 0 Å². The first-order valence-electron chi connectivity index (χ1n) is 6.93. The standard InChI is InChI=1S/C15H22Br2N2O.2ClH/c1-15(2,3)14(19-6-4-18-5-7-19)10-8-11(16)13(20)12(17)9-10;;/h8-9,14,18,20H,4-7H2,1-3H3;2*1H/t14-;;/m0../s1. The summed E-state index contributed by atoms with van der Waals surface area (Å²) in [6, 6.07) is 4.41. The third kappa shape index (κ3) is 5.25. The number of phenolic OH excluding ortho intramolecular Hbond substituents is 1. The molecule has 1 aliphatic rings. The van der Waals surface area contributed by atoms with E-state index in [1.807, 2.05) is 12.1 Å². The Hall–Kier alpha value is 0.480. The molecule has 1 saturated heterocycles. The zero-order valence-electron chi connectivity index (χ0n) is 13.0. The Bertz CT molecular complexity index is 466. The maximum absolute atomic E-state index is 9.91. The minimum atomic E-state index is 0. The molecule has 1 fully saturated rings. The van der Waals surface area contributed by atoms with Gasteiger partial charge in [-0.3, -0.25) is 4.90 Å². The van der Waals surface area contributed by atoms with Crippen molar-refractivity contribution in [2.45, 2.75) is 26.8 Å². The van der Waals surface area contributed by atoms with Crippen LogP contribution in [0.25, 0.3) is 0 Å². The van der Waals surface area contributed by atoms with Crippen LogP contribution in [0, 0.1) is 5.41 Å². The van der Waals surface area contributed by atoms with Crippen LogP contribution in [0.2, 0.25) is 0 Å². The molecule has 0 aromatic heterocycles. The molecule has 1 atom stereocenters. The molecular formula is C15H24Br2Cl2N2O. The molecule has 3 nitrogen and oxygen atoms in total. The summed E-state index contributed by atoms with van der Waals surface area (Å²) in [5.74, 6) is 0.265. The van der Waals surface area contributed by atoms with Gasteiger partial charge in [0.15, 0.2) is 0 Å². The van der Waals surface area contributed by atoms with E-state index in [1.165, 1.54) is 5.56 Å². The highest BCUT2D eigenvalue weighted by atomic mass is 79.9. The lowest BCUT2D eigenvalue weighted by Crippen LogP contribution is -2.48. The first kappa shape index (κ1) is 22.5. The number of hydrogen-bond acceptors (Lipinski definition) is 3. The van der Waals surface area contributed by atoms with E-state index in [0.717, 1.165) is 35.1 Å². The van der Waals surface area contributed by atoms with E-state index < -0.39 is 0 Å². The van der Waals surface area contributed by atoms with Crippen LogP contribution in [0.4, 0.5) is 0 Å². The van der Waals surface area contributed by atoms with Crippen molar-refractivity contribution in [3.63, 3.8) is 0 Å². The zero-order valence-corrected chi connectivity index (χ0v) is 17.8. The van der Waals surface area contributed by atoms with Crippen molar-refractivity contribution >= 4 is 56.7 Å². The lowest BCUT2D eigenvalue weighted by atomic mass is 9.81. The Kier molecular flexibility index (Phi) is 9.29.